The number of methoxy groups -OCH3 is 2. The third-order valence-electron chi connectivity index (χ3n) is 3.71. The Labute approximate surface area is 151 Å². The number of benzene rings is 2. The topological polar surface area (TPSA) is 103 Å². The van der Waals surface area contributed by atoms with E-state index < -0.39 is 4.92 Å². The number of ether oxygens (including phenoxy) is 2. The lowest BCUT2D eigenvalue weighted by atomic mass is 10.2. The summed E-state index contributed by atoms with van der Waals surface area (Å²) in [6.45, 7) is 1.57. The molecule has 138 valence electrons. The van der Waals surface area contributed by atoms with Crippen molar-refractivity contribution in [3.05, 3.63) is 63.7 Å². The molecule has 0 unspecified atom stereocenters. The van der Waals surface area contributed by atoms with E-state index >= 15 is 0 Å². The van der Waals surface area contributed by atoms with E-state index in [1.54, 1.807) is 30.3 Å². The average Bonchev–Trinajstić information content (AvgIpc) is 2.67. The molecule has 2 aromatic carbocycles. The smallest absolute Gasteiger partial charge is 0.269 e. The standard InChI is InChI=1S/C18H21N3O5/c1-25-16-8-5-14(11-17(16)26-2)18(22)20-10-9-19-12-13-3-6-15(7-4-13)21(23)24/h3-8,11,19H,9-10,12H2,1-2H3,(H,20,22). The molecule has 1 amide bonds. The lowest BCUT2D eigenvalue weighted by Gasteiger charge is -2.10. The second-order valence-corrected chi connectivity index (χ2v) is 5.43. The Balaban J connectivity index is 1.75. The number of nitro benzene ring substituents is 1. The van der Waals surface area contributed by atoms with Gasteiger partial charge in [-0.25, -0.2) is 0 Å². The maximum Gasteiger partial charge on any atom is 0.269 e. The molecule has 8 heteroatoms. The molecule has 0 radical (unpaired) electrons. The van der Waals surface area contributed by atoms with Crippen molar-refractivity contribution in [1.82, 2.24) is 10.6 Å². The summed E-state index contributed by atoms with van der Waals surface area (Å²) in [7, 11) is 3.05. The zero-order chi connectivity index (χ0) is 18.9. The summed E-state index contributed by atoms with van der Waals surface area (Å²) in [5.74, 6) is 0.855. The van der Waals surface area contributed by atoms with Crippen molar-refractivity contribution in [3.8, 4) is 11.5 Å². The van der Waals surface area contributed by atoms with Gasteiger partial charge in [-0.15, -0.1) is 0 Å². The molecule has 2 aromatic rings. The highest BCUT2D eigenvalue weighted by Crippen LogP contribution is 2.27. The van der Waals surface area contributed by atoms with Gasteiger partial charge >= 0.3 is 0 Å². The van der Waals surface area contributed by atoms with E-state index in [4.69, 9.17) is 9.47 Å². The number of nitrogens with one attached hydrogen (secondary N) is 2. The molecule has 0 bridgehead atoms. The van der Waals surface area contributed by atoms with Gasteiger partial charge in [-0.2, -0.15) is 0 Å². The van der Waals surface area contributed by atoms with Crippen molar-refractivity contribution in [1.29, 1.82) is 0 Å². The first-order valence-electron chi connectivity index (χ1n) is 7.99. The fourth-order valence-corrected chi connectivity index (χ4v) is 2.31. The number of hydrogen-bond acceptors (Lipinski definition) is 6. The van der Waals surface area contributed by atoms with Gasteiger partial charge in [0.05, 0.1) is 19.1 Å². The zero-order valence-electron chi connectivity index (χ0n) is 14.7. The van der Waals surface area contributed by atoms with E-state index in [1.165, 1.54) is 26.4 Å². The summed E-state index contributed by atoms with van der Waals surface area (Å²) >= 11 is 0. The Kier molecular flexibility index (Phi) is 6.92. The SMILES string of the molecule is COc1ccc(C(=O)NCCNCc2ccc([N+](=O)[O-])cc2)cc1OC. The fraction of sp³-hybridized carbons (Fsp3) is 0.278. The molecule has 0 aliphatic rings. The highest BCUT2D eigenvalue weighted by Gasteiger charge is 2.10. The van der Waals surface area contributed by atoms with Crippen LogP contribution in [-0.2, 0) is 6.54 Å². The van der Waals surface area contributed by atoms with Gasteiger partial charge in [-0.1, -0.05) is 12.1 Å². The third-order valence-corrected chi connectivity index (χ3v) is 3.71. The van der Waals surface area contributed by atoms with Crippen LogP contribution in [0.15, 0.2) is 42.5 Å². The Hall–Kier alpha value is -3.13. The Morgan fingerprint density at radius 2 is 1.73 bits per heavy atom. The second kappa shape index (κ2) is 9.38. The van der Waals surface area contributed by atoms with E-state index in [1.807, 2.05) is 0 Å². The van der Waals surface area contributed by atoms with Crippen molar-refractivity contribution in [2.75, 3.05) is 27.3 Å². The zero-order valence-corrected chi connectivity index (χ0v) is 14.7. The van der Waals surface area contributed by atoms with Crippen LogP contribution in [0.25, 0.3) is 0 Å². The lowest BCUT2D eigenvalue weighted by molar-refractivity contribution is -0.384. The summed E-state index contributed by atoms with van der Waals surface area (Å²) in [6.07, 6.45) is 0. The van der Waals surface area contributed by atoms with Crippen LogP contribution < -0.4 is 20.1 Å². The number of non-ortho nitro benzene ring substituents is 1. The van der Waals surface area contributed by atoms with Gasteiger partial charge in [-0.3, -0.25) is 14.9 Å². The molecule has 8 nitrogen and oxygen atoms in total. The first kappa shape index (κ1) is 19.2. The van der Waals surface area contributed by atoms with Gasteiger partial charge in [0.2, 0.25) is 0 Å². The minimum atomic E-state index is -0.430. The van der Waals surface area contributed by atoms with Crippen molar-refractivity contribution < 1.29 is 19.2 Å². The van der Waals surface area contributed by atoms with Gasteiger partial charge in [0.25, 0.3) is 11.6 Å². The van der Waals surface area contributed by atoms with Crippen LogP contribution in [-0.4, -0.2) is 38.1 Å². The molecule has 0 saturated heterocycles. The summed E-state index contributed by atoms with van der Waals surface area (Å²) in [5, 5.41) is 16.6. The summed E-state index contributed by atoms with van der Waals surface area (Å²) in [6, 6.07) is 11.3. The van der Waals surface area contributed by atoms with Gasteiger partial charge in [-0.05, 0) is 23.8 Å². The molecule has 0 aromatic heterocycles. The highest BCUT2D eigenvalue weighted by molar-refractivity contribution is 5.94. The number of carbonyl (C=O) groups is 1. The van der Waals surface area contributed by atoms with Crippen molar-refractivity contribution in [2.45, 2.75) is 6.54 Å². The quantitative estimate of drug-likeness (QED) is 0.404. The molecule has 0 spiro atoms. The van der Waals surface area contributed by atoms with Crippen LogP contribution in [0.5, 0.6) is 11.5 Å². The summed E-state index contributed by atoms with van der Waals surface area (Å²) in [5.41, 5.74) is 1.48. The van der Waals surface area contributed by atoms with E-state index in [2.05, 4.69) is 10.6 Å². The highest BCUT2D eigenvalue weighted by atomic mass is 16.6. The predicted molar refractivity (Wildman–Crippen MR) is 96.7 cm³/mol. The molecule has 0 fully saturated rings. The third kappa shape index (κ3) is 5.18. The van der Waals surface area contributed by atoms with Gasteiger partial charge < -0.3 is 20.1 Å². The van der Waals surface area contributed by atoms with Crippen molar-refractivity contribution >= 4 is 11.6 Å². The lowest BCUT2D eigenvalue weighted by Crippen LogP contribution is -2.31. The van der Waals surface area contributed by atoms with Gasteiger partial charge in [0.15, 0.2) is 11.5 Å². The number of nitrogens with zero attached hydrogens (tertiary/aromatic N) is 1. The van der Waals surface area contributed by atoms with Crippen LogP contribution in [0.2, 0.25) is 0 Å². The molecule has 0 heterocycles. The minimum Gasteiger partial charge on any atom is -0.493 e. The number of amides is 1. The van der Waals surface area contributed by atoms with Crippen molar-refractivity contribution in [2.24, 2.45) is 0 Å². The van der Waals surface area contributed by atoms with Gasteiger partial charge in [0.1, 0.15) is 0 Å². The summed E-state index contributed by atoms with van der Waals surface area (Å²) < 4.78 is 10.3. The predicted octanol–water partition coefficient (Wildman–Crippen LogP) is 2.13. The van der Waals surface area contributed by atoms with Crippen molar-refractivity contribution in [3.63, 3.8) is 0 Å². The maximum atomic E-state index is 12.1. The second-order valence-electron chi connectivity index (χ2n) is 5.43. The average molecular weight is 359 g/mol. The molecule has 26 heavy (non-hydrogen) atoms. The van der Waals surface area contributed by atoms with Crippen LogP contribution in [0.1, 0.15) is 15.9 Å². The Bertz CT molecular complexity index is 762. The molecule has 2 N–H and O–H groups in total. The molecule has 0 aliphatic heterocycles. The number of carbonyl (C=O) groups excluding carboxylic acids is 1. The molecule has 2 rings (SSSR count). The Morgan fingerprint density at radius 1 is 1.04 bits per heavy atom. The molecule has 0 aliphatic carbocycles. The monoisotopic (exact) mass is 359 g/mol. The van der Waals surface area contributed by atoms with Gasteiger partial charge in [0, 0.05) is 37.3 Å². The summed E-state index contributed by atoms with van der Waals surface area (Å²) in [4.78, 5) is 22.3. The molecule has 0 saturated carbocycles. The first-order valence-corrected chi connectivity index (χ1v) is 7.99. The van der Waals surface area contributed by atoms with Crippen LogP contribution in [0, 0.1) is 10.1 Å². The van der Waals surface area contributed by atoms with Crippen LogP contribution in [0.3, 0.4) is 0 Å². The molecule has 0 atom stereocenters. The number of hydrogen-bond donors (Lipinski definition) is 2. The van der Waals surface area contributed by atoms with E-state index in [0.29, 0.717) is 36.7 Å². The first-order chi connectivity index (χ1) is 12.5. The largest absolute Gasteiger partial charge is 0.493 e. The fourth-order valence-electron chi connectivity index (χ4n) is 2.31. The van der Waals surface area contributed by atoms with E-state index in [9.17, 15) is 14.9 Å². The normalized spacial score (nSPS) is 10.2. The Morgan fingerprint density at radius 3 is 2.35 bits per heavy atom. The number of nitro groups is 1. The molecular weight excluding hydrogens is 338 g/mol. The van der Waals surface area contributed by atoms with Crippen LogP contribution in [0.4, 0.5) is 5.69 Å². The van der Waals surface area contributed by atoms with E-state index in [-0.39, 0.29) is 11.6 Å². The minimum absolute atomic E-state index is 0.0657. The van der Waals surface area contributed by atoms with E-state index in [0.717, 1.165) is 5.56 Å². The number of rotatable bonds is 9. The molecular formula is C18H21N3O5. The maximum absolute atomic E-state index is 12.1. The van der Waals surface area contributed by atoms with Crippen LogP contribution >= 0.6 is 0 Å².